The Morgan fingerprint density at radius 3 is 0.700 bits per heavy atom. The number of hydrogen-bond acceptors (Lipinski definition) is 6. The lowest BCUT2D eigenvalue weighted by molar-refractivity contribution is -0.167. The number of hydrogen-bond donors (Lipinski definition) is 0. The Hall–Kier alpha value is -2.37. The molecule has 0 N–H and O–H groups in total. The van der Waals surface area contributed by atoms with Crippen molar-refractivity contribution in [2.75, 3.05) is 13.2 Å². The number of esters is 3. The van der Waals surface area contributed by atoms with E-state index in [4.69, 9.17) is 14.2 Å². The van der Waals surface area contributed by atoms with Crippen LogP contribution >= 0.6 is 0 Å². The zero-order valence-electron chi connectivity index (χ0n) is 54.1. The molecule has 80 heavy (non-hydrogen) atoms. The van der Waals surface area contributed by atoms with Crippen molar-refractivity contribution in [2.24, 2.45) is 0 Å². The van der Waals surface area contributed by atoms with E-state index in [9.17, 15) is 14.4 Å². The van der Waals surface area contributed by atoms with Crippen LogP contribution in [-0.2, 0) is 28.6 Å². The van der Waals surface area contributed by atoms with Gasteiger partial charge in [-0.1, -0.05) is 340 Å². The van der Waals surface area contributed by atoms with Gasteiger partial charge in [0.2, 0.25) is 0 Å². The van der Waals surface area contributed by atoms with Crippen molar-refractivity contribution in [3.63, 3.8) is 0 Å². The predicted molar refractivity (Wildman–Crippen MR) is 349 cm³/mol. The molecule has 0 aliphatic heterocycles. The smallest absolute Gasteiger partial charge is 0.306 e. The summed E-state index contributed by atoms with van der Waals surface area (Å²) in [5.74, 6) is -0.840. The van der Waals surface area contributed by atoms with E-state index >= 15 is 0 Å². The van der Waals surface area contributed by atoms with E-state index in [-0.39, 0.29) is 31.1 Å². The minimum absolute atomic E-state index is 0.0669. The van der Waals surface area contributed by atoms with Gasteiger partial charge in [0.15, 0.2) is 6.10 Å². The standard InChI is InChI=1S/C74H138O6/c1-4-7-10-13-16-19-22-25-27-29-31-33-34-35-36-37-38-39-40-42-43-45-47-49-52-55-58-61-64-67-73(76)79-70-71(69-78-72(75)66-63-60-57-54-51-24-21-18-15-12-9-6-3)80-74(77)68-65-62-59-56-53-50-48-46-44-41-32-30-28-26-23-20-17-14-11-8-5-2/h22,25,29-32,71H,4-21,23-24,26-28,33-70H2,1-3H3/b25-22-,31-29-,32-30-. The summed E-state index contributed by atoms with van der Waals surface area (Å²) in [6.07, 6.45) is 86.1. The van der Waals surface area contributed by atoms with Crippen molar-refractivity contribution in [1.82, 2.24) is 0 Å². The Kier molecular flexibility index (Phi) is 67.1. The summed E-state index contributed by atoms with van der Waals surface area (Å²) in [5.41, 5.74) is 0. The van der Waals surface area contributed by atoms with Crippen molar-refractivity contribution < 1.29 is 28.6 Å². The second kappa shape index (κ2) is 69.1. The second-order valence-corrected chi connectivity index (χ2v) is 24.5. The van der Waals surface area contributed by atoms with Gasteiger partial charge in [-0.25, -0.2) is 0 Å². The van der Waals surface area contributed by atoms with Crippen LogP contribution in [0.4, 0.5) is 0 Å². The number of carbonyl (C=O) groups excluding carboxylic acids is 3. The zero-order valence-corrected chi connectivity index (χ0v) is 54.1. The molecule has 0 radical (unpaired) electrons. The van der Waals surface area contributed by atoms with Gasteiger partial charge in [-0.3, -0.25) is 14.4 Å². The molecule has 0 saturated carbocycles. The van der Waals surface area contributed by atoms with Gasteiger partial charge in [0.05, 0.1) is 0 Å². The van der Waals surface area contributed by atoms with E-state index < -0.39 is 6.10 Å². The highest BCUT2D eigenvalue weighted by molar-refractivity contribution is 5.71. The molecule has 0 bridgehead atoms. The largest absolute Gasteiger partial charge is 0.462 e. The van der Waals surface area contributed by atoms with Crippen LogP contribution in [0.25, 0.3) is 0 Å². The monoisotopic (exact) mass is 1120 g/mol. The van der Waals surface area contributed by atoms with Gasteiger partial charge < -0.3 is 14.2 Å². The first-order chi connectivity index (χ1) is 39.5. The fourth-order valence-corrected chi connectivity index (χ4v) is 10.9. The third-order valence-corrected chi connectivity index (χ3v) is 16.4. The lowest BCUT2D eigenvalue weighted by Gasteiger charge is -2.18. The van der Waals surface area contributed by atoms with Crippen LogP contribution in [0.1, 0.15) is 400 Å². The maximum atomic E-state index is 12.9. The van der Waals surface area contributed by atoms with E-state index in [1.807, 2.05) is 0 Å². The quantitative estimate of drug-likeness (QED) is 0.0261. The highest BCUT2D eigenvalue weighted by Gasteiger charge is 2.19. The lowest BCUT2D eigenvalue weighted by Crippen LogP contribution is -2.30. The van der Waals surface area contributed by atoms with Crippen LogP contribution in [0.15, 0.2) is 36.5 Å². The van der Waals surface area contributed by atoms with Gasteiger partial charge in [0.25, 0.3) is 0 Å². The summed E-state index contributed by atoms with van der Waals surface area (Å²) < 4.78 is 17.0. The molecule has 0 spiro atoms. The van der Waals surface area contributed by atoms with Crippen LogP contribution in [0, 0.1) is 0 Å². The highest BCUT2D eigenvalue weighted by Crippen LogP contribution is 2.18. The molecule has 0 fully saturated rings. The maximum absolute atomic E-state index is 12.9. The van der Waals surface area contributed by atoms with Crippen molar-refractivity contribution in [3.05, 3.63) is 36.5 Å². The third-order valence-electron chi connectivity index (χ3n) is 16.4. The molecule has 0 aliphatic carbocycles. The number of unbranched alkanes of at least 4 members (excludes halogenated alkanes) is 50. The first-order valence-electron chi connectivity index (χ1n) is 36.0. The SMILES string of the molecule is CCCCCCC/C=C\C/C=C\CCCCCCCCCCCCCCCCCCCC(=O)OCC(COC(=O)CCCCCCCCCCCCCC)OC(=O)CCCCCCCCCCC/C=C\CCCCCCCCCC. The summed E-state index contributed by atoms with van der Waals surface area (Å²) >= 11 is 0. The Labute approximate surface area is 499 Å². The van der Waals surface area contributed by atoms with Crippen molar-refractivity contribution >= 4 is 17.9 Å². The summed E-state index contributed by atoms with van der Waals surface area (Å²) in [6, 6.07) is 0. The molecular formula is C74H138O6. The Balaban J connectivity index is 4.17. The highest BCUT2D eigenvalue weighted by atomic mass is 16.6. The molecule has 6 heteroatoms. The Morgan fingerprint density at radius 2 is 0.450 bits per heavy atom. The minimum atomic E-state index is -0.770. The number of ether oxygens (including phenoxy) is 3. The fraction of sp³-hybridized carbons (Fsp3) is 0.878. The molecule has 1 atom stereocenters. The van der Waals surface area contributed by atoms with Crippen molar-refractivity contribution in [3.8, 4) is 0 Å². The van der Waals surface area contributed by atoms with Gasteiger partial charge in [0.1, 0.15) is 13.2 Å². The molecule has 0 amide bonds. The molecule has 1 unspecified atom stereocenters. The van der Waals surface area contributed by atoms with Gasteiger partial charge in [0, 0.05) is 19.3 Å². The van der Waals surface area contributed by atoms with Crippen molar-refractivity contribution in [2.45, 2.75) is 406 Å². The van der Waals surface area contributed by atoms with Gasteiger partial charge in [-0.15, -0.1) is 0 Å². The zero-order chi connectivity index (χ0) is 57.8. The van der Waals surface area contributed by atoms with Crippen LogP contribution in [0.2, 0.25) is 0 Å². The summed E-state index contributed by atoms with van der Waals surface area (Å²) in [5, 5.41) is 0. The molecule has 470 valence electrons. The maximum Gasteiger partial charge on any atom is 0.306 e. The molecule has 0 aliphatic rings. The molecule has 0 aromatic rings. The first kappa shape index (κ1) is 77.6. The Bertz CT molecular complexity index is 1340. The normalized spacial score (nSPS) is 12.2. The molecule has 6 nitrogen and oxygen atoms in total. The van der Waals surface area contributed by atoms with Crippen LogP contribution in [0.5, 0.6) is 0 Å². The summed E-state index contributed by atoms with van der Waals surface area (Å²) in [6.45, 7) is 6.70. The van der Waals surface area contributed by atoms with Crippen LogP contribution in [0.3, 0.4) is 0 Å². The van der Waals surface area contributed by atoms with E-state index in [0.29, 0.717) is 19.3 Å². The molecule has 0 heterocycles. The molecule has 0 saturated heterocycles. The average Bonchev–Trinajstić information content (AvgIpc) is 3.46. The number of carbonyl (C=O) groups is 3. The van der Waals surface area contributed by atoms with Gasteiger partial charge in [-0.05, 0) is 77.0 Å². The molecular weight excluding hydrogens is 985 g/mol. The molecule has 0 aromatic heterocycles. The fourth-order valence-electron chi connectivity index (χ4n) is 10.9. The second-order valence-electron chi connectivity index (χ2n) is 24.5. The first-order valence-corrected chi connectivity index (χ1v) is 36.0. The third kappa shape index (κ3) is 66.4. The van der Waals surface area contributed by atoms with Crippen LogP contribution in [-0.4, -0.2) is 37.2 Å². The van der Waals surface area contributed by atoms with E-state index in [1.54, 1.807) is 0 Å². The number of allylic oxidation sites excluding steroid dienone is 6. The number of rotatable bonds is 67. The predicted octanol–water partition coefficient (Wildman–Crippen LogP) is 24.7. The molecule has 0 aromatic carbocycles. The lowest BCUT2D eigenvalue weighted by atomic mass is 10.0. The minimum Gasteiger partial charge on any atom is -0.462 e. The van der Waals surface area contributed by atoms with E-state index in [2.05, 4.69) is 57.2 Å². The van der Waals surface area contributed by atoms with E-state index in [1.165, 1.54) is 295 Å². The van der Waals surface area contributed by atoms with Crippen LogP contribution < -0.4 is 0 Å². The topological polar surface area (TPSA) is 78.9 Å². The van der Waals surface area contributed by atoms with Gasteiger partial charge in [-0.2, -0.15) is 0 Å². The summed E-state index contributed by atoms with van der Waals surface area (Å²) in [4.78, 5) is 38.4. The summed E-state index contributed by atoms with van der Waals surface area (Å²) in [7, 11) is 0. The van der Waals surface area contributed by atoms with Crippen molar-refractivity contribution in [1.29, 1.82) is 0 Å². The van der Waals surface area contributed by atoms with Gasteiger partial charge >= 0.3 is 17.9 Å². The molecule has 0 rings (SSSR count). The Morgan fingerprint density at radius 1 is 0.250 bits per heavy atom. The van der Waals surface area contributed by atoms with E-state index in [0.717, 1.165) is 64.2 Å². The average molecular weight is 1120 g/mol.